The quantitative estimate of drug-likeness (QED) is 0.270. The number of nitrogens with zero attached hydrogens (tertiary/aromatic N) is 3. The molecule has 0 unspecified atom stereocenters. The number of carbonyl (C=O) groups is 1. The van der Waals surface area contributed by atoms with Gasteiger partial charge in [-0.3, -0.25) is 14.9 Å². The number of nitrogens with one attached hydrogen (secondary N) is 1. The molecule has 1 aromatic heterocycles. The van der Waals surface area contributed by atoms with E-state index in [4.69, 9.17) is 11.6 Å². The monoisotopic (exact) mass is 414 g/mol. The summed E-state index contributed by atoms with van der Waals surface area (Å²) in [5, 5.41) is 15.4. The first-order chi connectivity index (χ1) is 13.5. The van der Waals surface area contributed by atoms with Gasteiger partial charge >= 0.3 is 0 Å². The van der Waals surface area contributed by atoms with E-state index in [9.17, 15) is 14.9 Å². The van der Waals surface area contributed by atoms with E-state index in [0.717, 1.165) is 16.3 Å². The number of benzene rings is 2. The maximum absolute atomic E-state index is 11.9. The average molecular weight is 415 g/mol. The van der Waals surface area contributed by atoms with Crippen LogP contribution in [0.3, 0.4) is 0 Å². The minimum atomic E-state index is -0.445. The largest absolute Gasteiger partial charge is 0.316 e. The van der Waals surface area contributed by atoms with Crippen molar-refractivity contribution >= 4 is 41.2 Å². The maximum Gasteiger partial charge on any atom is 0.269 e. The van der Waals surface area contributed by atoms with Gasteiger partial charge in [0.25, 0.3) is 5.69 Å². The number of nitro benzene ring substituents is 1. The topological polar surface area (TPSA) is 89.5 Å². The Morgan fingerprint density at radius 1 is 1.18 bits per heavy atom. The molecule has 0 saturated heterocycles. The highest BCUT2D eigenvalue weighted by Crippen LogP contribution is 2.20. The standard InChI is InChI=1S/C19H15ClN4O3S/c20-14-3-9-18(10-4-14)28-13-19(25)22-21-12-17-2-1-11-23(17)15-5-7-16(8-6-15)24(26)27/h1-12H,13H2,(H,22,25)/b21-12-. The summed E-state index contributed by atoms with van der Waals surface area (Å²) in [6.07, 6.45) is 3.33. The zero-order valence-electron chi connectivity index (χ0n) is 14.5. The second-order valence-electron chi connectivity index (χ2n) is 5.61. The number of thioether (sulfide) groups is 1. The Kier molecular flexibility index (Phi) is 6.46. The third kappa shape index (κ3) is 5.21. The Morgan fingerprint density at radius 2 is 1.89 bits per heavy atom. The van der Waals surface area contributed by atoms with E-state index in [1.165, 1.54) is 30.1 Å². The Balaban J connectivity index is 1.57. The van der Waals surface area contributed by atoms with Gasteiger partial charge in [-0.15, -0.1) is 11.8 Å². The van der Waals surface area contributed by atoms with E-state index in [0.29, 0.717) is 5.02 Å². The van der Waals surface area contributed by atoms with Gasteiger partial charge in [0.1, 0.15) is 0 Å². The smallest absolute Gasteiger partial charge is 0.269 e. The third-order valence-electron chi connectivity index (χ3n) is 3.69. The van der Waals surface area contributed by atoms with Crippen molar-refractivity contribution in [3.8, 4) is 5.69 Å². The number of halogens is 1. The molecular weight excluding hydrogens is 400 g/mol. The number of amides is 1. The van der Waals surface area contributed by atoms with Gasteiger partial charge in [0.15, 0.2) is 0 Å². The van der Waals surface area contributed by atoms with Crippen LogP contribution in [0.4, 0.5) is 5.69 Å². The highest BCUT2D eigenvalue weighted by Gasteiger charge is 2.07. The summed E-state index contributed by atoms with van der Waals surface area (Å²) in [7, 11) is 0. The molecule has 2 aromatic carbocycles. The molecule has 0 spiro atoms. The fraction of sp³-hybridized carbons (Fsp3) is 0.0526. The predicted octanol–water partition coefficient (Wildman–Crippen LogP) is 4.28. The van der Waals surface area contributed by atoms with Gasteiger partial charge in [-0.05, 0) is 48.5 Å². The van der Waals surface area contributed by atoms with E-state index in [1.54, 1.807) is 30.5 Å². The molecule has 1 amide bonds. The number of hydrogen-bond donors (Lipinski definition) is 1. The van der Waals surface area contributed by atoms with Crippen molar-refractivity contribution in [3.05, 3.63) is 87.7 Å². The molecule has 0 fully saturated rings. The molecule has 3 rings (SSSR count). The Hall–Kier alpha value is -3.10. The van der Waals surface area contributed by atoms with Crippen molar-refractivity contribution in [2.45, 2.75) is 4.90 Å². The van der Waals surface area contributed by atoms with Crippen LogP contribution < -0.4 is 5.43 Å². The van der Waals surface area contributed by atoms with Crippen LogP contribution in [0.5, 0.6) is 0 Å². The van der Waals surface area contributed by atoms with Gasteiger partial charge in [0.2, 0.25) is 5.91 Å². The van der Waals surface area contributed by atoms with Crippen LogP contribution in [-0.2, 0) is 4.79 Å². The minimum Gasteiger partial charge on any atom is -0.316 e. The molecule has 0 aliphatic heterocycles. The van der Waals surface area contributed by atoms with E-state index >= 15 is 0 Å². The van der Waals surface area contributed by atoms with Crippen LogP contribution in [0.2, 0.25) is 5.02 Å². The molecule has 0 saturated carbocycles. The molecule has 9 heteroatoms. The lowest BCUT2D eigenvalue weighted by molar-refractivity contribution is -0.384. The Morgan fingerprint density at radius 3 is 2.57 bits per heavy atom. The van der Waals surface area contributed by atoms with Crippen molar-refractivity contribution in [2.75, 3.05) is 5.75 Å². The maximum atomic E-state index is 11.9. The van der Waals surface area contributed by atoms with Gasteiger partial charge in [-0.1, -0.05) is 11.6 Å². The predicted molar refractivity (Wildman–Crippen MR) is 110 cm³/mol. The number of nitro groups is 1. The zero-order chi connectivity index (χ0) is 19.9. The lowest BCUT2D eigenvalue weighted by Crippen LogP contribution is -2.19. The summed E-state index contributed by atoms with van der Waals surface area (Å²) >= 11 is 7.21. The van der Waals surface area contributed by atoms with Crippen LogP contribution in [0.15, 0.2) is 76.9 Å². The lowest BCUT2D eigenvalue weighted by atomic mass is 10.3. The van der Waals surface area contributed by atoms with Crippen LogP contribution in [0.1, 0.15) is 5.69 Å². The average Bonchev–Trinajstić information content (AvgIpc) is 3.16. The molecule has 0 aliphatic carbocycles. The van der Waals surface area contributed by atoms with Crippen molar-refractivity contribution in [3.63, 3.8) is 0 Å². The number of non-ortho nitro benzene ring substituents is 1. The molecule has 0 bridgehead atoms. The van der Waals surface area contributed by atoms with Gasteiger partial charge in [-0.25, -0.2) is 5.43 Å². The second kappa shape index (κ2) is 9.20. The zero-order valence-corrected chi connectivity index (χ0v) is 16.1. The highest BCUT2D eigenvalue weighted by molar-refractivity contribution is 8.00. The fourth-order valence-electron chi connectivity index (χ4n) is 2.35. The van der Waals surface area contributed by atoms with Gasteiger partial charge in [-0.2, -0.15) is 5.10 Å². The Labute approximate surface area is 170 Å². The molecular formula is C19H15ClN4O3S. The van der Waals surface area contributed by atoms with Crippen molar-refractivity contribution in [2.24, 2.45) is 5.10 Å². The van der Waals surface area contributed by atoms with Crippen LogP contribution in [0, 0.1) is 10.1 Å². The highest BCUT2D eigenvalue weighted by atomic mass is 35.5. The Bertz CT molecular complexity index is 1000. The normalized spacial score (nSPS) is 10.9. The molecule has 142 valence electrons. The van der Waals surface area contributed by atoms with Gasteiger partial charge in [0.05, 0.1) is 22.6 Å². The molecule has 0 atom stereocenters. The lowest BCUT2D eigenvalue weighted by Gasteiger charge is -2.06. The van der Waals surface area contributed by atoms with E-state index in [1.807, 2.05) is 28.8 Å². The summed E-state index contributed by atoms with van der Waals surface area (Å²) in [5.41, 5.74) is 3.98. The molecule has 3 aromatic rings. The minimum absolute atomic E-state index is 0.0246. The number of hydrazone groups is 1. The van der Waals surface area contributed by atoms with Crippen molar-refractivity contribution in [1.82, 2.24) is 9.99 Å². The van der Waals surface area contributed by atoms with Gasteiger partial charge in [0, 0.05) is 33.9 Å². The number of aromatic nitrogens is 1. The SMILES string of the molecule is O=C(CSc1ccc(Cl)cc1)N/N=C\c1cccn1-c1ccc([N+](=O)[O-])cc1. The van der Waals surface area contributed by atoms with E-state index in [2.05, 4.69) is 10.5 Å². The third-order valence-corrected chi connectivity index (χ3v) is 4.95. The molecule has 7 nitrogen and oxygen atoms in total. The fourth-order valence-corrected chi connectivity index (χ4v) is 3.17. The first-order valence-electron chi connectivity index (χ1n) is 8.15. The summed E-state index contributed by atoms with van der Waals surface area (Å²) in [5.74, 6) is -0.00727. The van der Waals surface area contributed by atoms with E-state index in [-0.39, 0.29) is 17.3 Å². The van der Waals surface area contributed by atoms with Gasteiger partial charge < -0.3 is 4.57 Å². The van der Waals surface area contributed by atoms with Crippen LogP contribution >= 0.6 is 23.4 Å². The van der Waals surface area contributed by atoms with E-state index < -0.39 is 4.92 Å². The summed E-state index contributed by atoms with van der Waals surface area (Å²) in [4.78, 5) is 23.2. The molecule has 1 N–H and O–H groups in total. The second-order valence-corrected chi connectivity index (χ2v) is 7.10. The molecule has 1 heterocycles. The number of carbonyl (C=O) groups excluding carboxylic acids is 1. The summed E-state index contributed by atoms with van der Waals surface area (Å²) in [6.45, 7) is 0. The first kappa shape index (κ1) is 19.7. The van der Waals surface area contributed by atoms with Crippen molar-refractivity contribution < 1.29 is 9.72 Å². The summed E-state index contributed by atoms with van der Waals surface area (Å²) < 4.78 is 1.81. The van der Waals surface area contributed by atoms with Crippen LogP contribution in [0.25, 0.3) is 5.69 Å². The van der Waals surface area contributed by atoms with Crippen molar-refractivity contribution in [1.29, 1.82) is 0 Å². The molecule has 0 aliphatic rings. The van der Waals surface area contributed by atoms with Crippen LogP contribution in [-0.4, -0.2) is 27.4 Å². The molecule has 0 radical (unpaired) electrons. The summed E-state index contributed by atoms with van der Waals surface area (Å²) in [6, 6.07) is 17.0. The number of hydrogen-bond acceptors (Lipinski definition) is 5. The molecule has 28 heavy (non-hydrogen) atoms. The first-order valence-corrected chi connectivity index (χ1v) is 9.52. The number of rotatable bonds is 7.